The fraction of sp³-hybridized carbons (Fsp3) is 0. The fourth-order valence-corrected chi connectivity index (χ4v) is 5.57. The Kier molecular flexibility index (Phi) is 5.05. The van der Waals surface area contributed by atoms with E-state index in [2.05, 4.69) is 93.8 Å². The number of aromatic nitrogens is 3. The molecule has 4 aromatic carbocycles. The Balaban J connectivity index is 0.00000231. The summed E-state index contributed by atoms with van der Waals surface area (Å²) >= 11 is 0. The van der Waals surface area contributed by atoms with Gasteiger partial charge in [0, 0.05) is 12.4 Å². The minimum atomic E-state index is -0.0161. The van der Waals surface area contributed by atoms with Gasteiger partial charge in [0.15, 0.2) is 0 Å². The molecular weight excluding hydrogens is 638 g/mol. The Hall–Kier alpha value is -4.15. The quantitative estimate of drug-likeness (QED) is 0.194. The van der Waals surface area contributed by atoms with Crippen molar-refractivity contribution < 1.29 is 25.5 Å². The van der Waals surface area contributed by atoms with Crippen LogP contribution in [0.5, 0.6) is 0 Å². The average molecular weight is 655 g/mol. The molecule has 7 heteroatoms. The van der Waals surface area contributed by atoms with Crippen molar-refractivity contribution >= 4 is 29.1 Å². The third-order valence-corrected chi connectivity index (χ3v) is 7.08. The first-order valence-electron chi connectivity index (χ1n) is 11.9. The molecule has 0 saturated heterocycles. The van der Waals surface area contributed by atoms with Crippen LogP contribution in [0.3, 0.4) is 0 Å². The van der Waals surface area contributed by atoms with E-state index >= 15 is 0 Å². The van der Waals surface area contributed by atoms with E-state index in [-0.39, 0.29) is 27.9 Å². The first kappa shape index (κ1) is 22.1. The van der Waals surface area contributed by atoms with Gasteiger partial charge in [0.25, 0.3) is 0 Å². The molecule has 0 aliphatic carbocycles. The second-order valence-electron chi connectivity index (χ2n) is 8.98. The van der Waals surface area contributed by atoms with Crippen LogP contribution in [0, 0.1) is 12.1 Å². The van der Waals surface area contributed by atoms with Gasteiger partial charge in [-0.05, 0) is 11.8 Å². The van der Waals surface area contributed by atoms with Crippen LogP contribution in [0.1, 0.15) is 0 Å². The summed E-state index contributed by atoms with van der Waals surface area (Å²) in [5.74, 6) is 0.556. The van der Waals surface area contributed by atoms with Gasteiger partial charge in [-0.15, -0.1) is 35.9 Å². The molecule has 8 rings (SSSR count). The van der Waals surface area contributed by atoms with Crippen LogP contribution in [0.2, 0.25) is 0 Å². The van der Waals surface area contributed by atoms with Gasteiger partial charge in [-0.1, -0.05) is 93.1 Å². The van der Waals surface area contributed by atoms with Gasteiger partial charge in [0.05, 0.1) is 12.5 Å². The monoisotopic (exact) mass is 655 g/mol. The Labute approximate surface area is 228 Å². The largest absolute Gasteiger partial charge is 2.00 e. The third-order valence-electron chi connectivity index (χ3n) is 7.08. The smallest absolute Gasteiger partial charge is 0.489 e. The van der Waals surface area contributed by atoms with Crippen LogP contribution in [0.4, 0.5) is 11.4 Å². The van der Waals surface area contributed by atoms with E-state index in [1.165, 1.54) is 22.1 Å². The average Bonchev–Trinajstić information content (AvgIpc) is 3.67. The van der Waals surface area contributed by atoms with Gasteiger partial charge < -0.3 is 9.23 Å². The van der Waals surface area contributed by atoms with E-state index < -0.39 is 0 Å². The van der Waals surface area contributed by atoms with Gasteiger partial charge in [0.1, 0.15) is 5.89 Å². The standard InChI is InChI=1S/C30H17BN4O.Pt/c1-3-8-26-22(6-1)24-12-10-20(30-32-15-17-36-30)18-28(24)35-29-19-21(34-16-5-14-33-34)11-13-25(29)23-7-2-4-9-27(23)31(26)35;/h1-17H;/q-2;+2. The zero-order valence-corrected chi connectivity index (χ0v) is 21.7. The van der Waals surface area contributed by atoms with E-state index in [0.29, 0.717) is 5.89 Å². The molecule has 0 bridgehead atoms. The summed E-state index contributed by atoms with van der Waals surface area (Å²) in [5, 5.41) is 4.45. The summed E-state index contributed by atoms with van der Waals surface area (Å²) < 4.78 is 7.48. The van der Waals surface area contributed by atoms with Crippen molar-refractivity contribution in [2.75, 3.05) is 4.81 Å². The molecule has 2 aromatic heterocycles. The molecule has 0 fully saturated rings. The van der Waals surface area contributed by atoms with Crippen molar-refractivity contribution in [3.63, 3.8) is 0 Å². The normalized spacial score (nSPS) is 12.5. The Morgan fingerprint density at radius 2 is 1.41 bits per heavy atom. The number of hydrogen-bond acceptors (Lipinski definition) is 4. The van der Waals surface area contributed by atoms with Crippen molar-refractivity contribution in [2.45, 2.75) is 0 Å². The van der Waals surface area contributed by atoms with Gasteiger partial charge in [-0.3, -0.25) is 9.67 Å². The summed E-state index contributed by atoms with van der Waals surface area (Å²) in [4.78, 5) is 6.75. The minimum Gasteiger partial charge on any atom is -0.489 e. The van der Waals surface area contributed by atoms with Crippen molar-refractivity contribution in [3.05, 3.63) is 116 Å². The van der Waals surface area contributed by atoms with Crippen molar-refractivity contribution in [1.29, 1.82) is 0 Å². The Bertz CT molecular complexity index is 1640. The van der Waals surface area contributed by atoms with Gasteiger partial charge in [-0.2, -0.15) is 11.2 Å². The zero-order chi connectivity index (χ0) is 23.6. The maximum absolute atomic E-state index is 5.63. The van der Waals surface area contributed by atoms with E-state index in [1.54, 1.807) is 18.7 Å². The second kappa shape index (κ2) is 8.46. The van der Waals surface area contributed by atoms with Crippen LogP contribution < -0.4 is 15.7 Å². The van der Waals surface area contributed by atoms with Crippen LogP contribution >= 0.6 is 0 Å². The molecule has 0 saturated carbocycles. The molecule has 0 radical (unpaired) electrons. The SMILES string of the molecule is [Pt+2].[c-]1c(-c2ncco2)ccc2c1N1B(c3ccccc3-2)c2ccccc2-c2ccc(-n3cccn3)[c-]c21. The molecule has 6 aromatic rings. The number of nitrogens with zero attached hydrogens (tertiary/aromatic N) is 4. The molecule has 0 amide bonds. The molecule has 0 unspecified atom stereocenters. The molecule has 37 heavy (non-hydrogen) atoms. The van der Waals surface area contributed by atoms with Crippen molar-refractivity contribution in [1.82, 2.24) is 14.8 Å². The molecule has 2 aliphatic rings. The maximum atomic E-state index is 5.63. The molecule has 176 valence electrons. The van der Waals surface area contributed by atoms with Gasteiger partial charge in [-0.25, -0.2) is 0 Å². The second-order valence-corrected chi connectivity index (χ2v) is 8.98. The van der Waals surface area contributed by atoms with Crippen molar-refractivity contribution in [3.8, 4) is 39.4 Å². The number of rotatable bonds is 2. The van der Waals surface area contributed by atoms with Crippen LogP contribution in [-0.4, -0.2) is 21.6 Å². The number of hydrogen-bond donors (Lipinski definition) is 0. The summed E-state index contributed by atoms with van der Waals surface area (Å²) in [5.41, 5.74) is 10.9. The number of fused-ring (bicyclic) bond motifs is 11. The summed E-state index contributed by atoms with van der Waals surface area (Å²) in [6.45, 7) is -0.0161. The van der Waals surface area contributed by atoms with E-state index in [0.717, 1.165) is 33.8 Å². The first-order chi connectivity index (χ1) is 17.9. The van der Waals surface area contributed by atoms with E-state index in [1.807, 2.05) is 23.0 Å². The van der Waals surface area contributed by atoms with Gasteiger partial charge >= 0.3 is 27.9 Å². The minimum absolute atomic E-state index is 0. The topological polar surface area (TPSA) is 47.1 Å². The number of anilines is 2. The molecule has 5 nitrogen and oxygen atoms in total. The van der Waals surface area contributed by atoms with Crippen LogP contribution in [0.25, 0.3) is 39.4 Å². The number of benzene rings is 4. The van der Waals surface area contributed by atoms with Gasteiger partial charge in [0.2, 0.25) is 0 Å². The number of oxazole rings is 1. The molecule has 0 atom stereocenters. The predicted molar refractivity (Wildman–Crippen MR) is 141 cm³/mol. The molecule has 2 aliphatic heterocycles. The van der Waals surface area contributed by atoms with Crippen molar-refractivity contribution in [2.24, 2.45) is 0 Å². The molecule has 4 heterocycles. The third kappa shape index (κ3) is 3.22. The maximum Gasteiger partial charge on any atom is 2.00 e. The summed E-state index contributed by atoms with van der Waals surface area (Å²) in [6, 6.07) is 35.0. The predicted octanol–water partition coefficient (Wildman–Crippen LogP) is 5.03. The molecule has 0 spiro atoms. The Morgan fingerprint density at radius 1 is 0.703 bits per heavy atom. The molecule has 0 N–H and O–H groups in total. The Morgan fingerprint density at radius 3 is 2.08 bits per heavy atom. The summed E-state index contributed by atoms with van der Waals surface area (Å²) in [6.07, 6.45) is 6.99. The van der Waals surface area contributed by atoms with Crippen LogP contribution in [0.15, 0.2) is 108 Å². The van der Waals surface area contributed by atoms with Crippen LogP contribution in [-0.2, 0) is 21.1 Å². The fourth-order valence-electron chi connectivity index (χ4n) is 5.57. The molecular formula is C30H17BN4OPt. The summed E-state index contributed by atoms with van der Waals surface area (Å²) in [7, 11) is 0. The first-order valence-corrected chi connectivity index (χ1v) is 11.9. The van der Waals surface area contributed by atoms with E-state index in [9.17, 15) is 0 Å². The zero-order valence-electron chi connectivity index (χ0n) is 19.4. The van der Waals surface area contributed by atoms with E-state index in [4.69, 9.17) is 4.42 Å².